The van der Waals surface area contributed by atoms with Crippen LogP contribution in [-0.4, -0.2) is 40.7 Å². The highest BCUT2D eigenvalue weighted by atomic mass is 32.1. The van der Waals surface area contributed by atoms with Crippen molar-refractivity contribution in [2.45, 2.75) is 18.6 Å². The van der Waals surface area contributed by atoms with Crippen LogP contribution < -0.4 is 0 Å². The average Bonchev–Trinajstić information content (AvgIpc) is 2.79. The molecule has 0 aliphatic carbocycles. The zero-order valence-electron chi connectivity index (χ0n) is 8.02. The summed E-state index contributed by atoms with van der Waals surface area (Å²) in [6.07, 6.45) is 2.58. The number of hydrogen-bond acceptors (Lipinski definition) is 4. The van der Waals surface area contributed by atoms with Crippen LogP contribution >= 0.6 is 12.2 Å². The molecule has 1 aliphatic rings. The lowest BCUT2D eigenvalue weighted by Crippen LogP contribution is -2.36. The van der Waals surface area contributed by atoms with E-state index in [0.717, 1.165) is 13.0 Å². The third-order valence-electron chi connectivity index (χ3n) is 2.58. The molecule has 2 heterocycles. The van der Waals surface area contributed by atoms with Crippen molar-refractivity contribution in [3.8, 4) is 0 Å². The van der Waals surface area contributed by atoms with Gasteiger partial charge in [-0.15, -0.1) is 0 Å². The molecule has 1 fully saturated rings. The molecule has 0 spiro atoms. The van der Waals surface area contributed by atoms with Crippen LogP contribution in [0.5, 0.6) is 0 Å². The van der Waals surface area contributed by atoms with Gasteiger partial charge in [-0.2, -0.15) is 5.10 Å². The lowest BCUT2D eigenvalue weighted by atomic mass is 10.0. The summed E-state index contributed by atoms with van der Waals surface area (Å²) >= 11 is 5.07. The monoisotopic (exact) mass is 215 g/mol. The third kappa shape index (κ3) is 1.73. The third-order valence-corrected chi connectivity index (χ3v) is 2.90. The fraction of sp³-hybridized carbons (Fsp3) is 0.750. The second kappa shape index (κ2) is 3.80. The summed E-state index contributed by atoms with van der Waals surface area (Å²) < 4.78 is 13.3. The van der Waals surface area contributed by atoms with Crippen LogP contribution in [0.1, 0.15) is 6.42 Å². The summed E-state index contributed by atoms with van der Waals surface area (Å²) in [5, 5.41) is 6.58. The molecule has 1 aromatic heterocycles. The standard InChI is InChI=1S/C8H13N3O2S/c1-12-8(2-3-13-5-8)4-11-6-9-10-7(11)14/h6H,2-5H2,1H3,(H,10,14). The Labute approximate surface area is 87.0 Å². The summed E-state index contributed by atoms with van der Waals surface area (Å²) in [7, 11) is 1.71. The maximum absolute atomic E-state index is 5.49. The number of ether oxygens (including phenoxy) is 2. The number of H-pyrrole nitrogens is 1. The Balaban J connectivity index is 2.16. The molecule has 1 aliphatic heterocycles. The predicted octanol–water partition coefficient (Wildman–Crippen LogP) is 0.746. The Kier molecular flexibility index (Phi) is 2.66. The largest absolute Gasteiger partial charge is 0.378 e. The van der Waals surface area contributed by atoms with Crippen molar-refractivity contribution < 1.29 is 9.47 Å². The van der Waals surface area contributed by atoms with Crippen LogP contribution in [0, 0.1) is 4.77 Å². The van der Waals surface area contributed by atoms with Gasteiger partial charge in [0.1, 0.15) is 11.9 Å². The SMILES string of the molecule is COC1(Cn2cn[nH]c2=S)CCOC1. The van der Waals surface area contributed by atoms with Gasteiger partial charge >= 0.3 is 0 Å². The van der Waals surface area contributed by atoms with Gasteiger partial charge in [-0.25, -0.2) is 0 Å². The number of aromatic amines is 1. The fourth-order valence-corrected chi connectivity index (χ4v) is 1.80. The van der Waals surface area contributed by atoms with Crippen molar-refractivity contribution in [3.05, 3.63) is 11.1 Å². The zero-order chi connectivity index (χ0) is 10.0. The van der Waals surface area contributed by atoms with Gasteiger partial charge < -0.3 is 14.0 Å². The first kappa shape index (κ1) is 9.82. The van der Waals surface area contributed by atoms with Crippen LogP contribution in [0.2, 0.25) is 0 Å². The smallest absolute Gasteiger partial charge is 0.195 e. The van der Waals surface area contributed by atoms with Gasteiger partial charge in [0.2, 0.25) is 0 Å². The molecule has 1 unspecified atom stereocenters. The van der Waals surface area contributed by atoms with Gasteiger partial charge in [0.15, 0.2) is 4.77 Å². The van der Waals surface area contributed by atoms with Crippen LogP contribution in [0.3, 0.4) is 0 Å². The van der Waals surface area contributed by atoms with E-state index in [9.17, 15) is 0 Å². The molecule has 0 radical (unpaired) electrons. The average molecular weight is 215 g/mol. The number of methoxy groups -OCH3 is 1. The maximum Gasteiger partial charge on any atom is 0.195 e. The fourth-order valence-electron chi connectivity index (χ4n) is 1.63. The first-order valence-corrected chi connectivity index (χ1v) is 4.89. The molecular weight excluding hydrogens is 202 g/mol. The van der Waals surface area contributed by atoms with E-state index in [2.05, 4.69) is 10.2 Å². The van der Waals surface area contributed by atoms with Crippen molar-refractivity contribution in [1.29, 1.82) is 0 Å². The molecule has 2 rings (SSSR count). The number of aromatic nitrogens is 3. The molecular formula is C8H13N3O2S. The van der Waals surface area contributed by atoms with Crippen LogP contribution in [0.25, 0.3) is 0 Å². The Morgan fingerprint density at radius 2 is 2.71 bits per heavy atom. The first-order valence-electron chi connectivity index (χ1n) is 4.48. The molecule has 6 heteroatoms. The quantitative estimate of drug-likeness (QED) is 0.756. The molecule has 78 valence electrons. The van der Waals surface area contributed by atoms with Crippen molar-refractivity contribution >= 4 is 12.2 Å². The highest BCUT2D eigenvalue weighted by molar-refractivity contribution is 7.71. The van der Waals surface area contributed by atoms with E-state index in [-0.39, 0.29) is 5.60 Å². The maximum atomic E-state index is 5.49. The summed E-state index contributed by atoms with van der Waals surface area (Å²) in [6.45, 7) is 2.06. The van der Waals surface area contributed by atoms with E-state index in [1.807, 2.05) is 4.57 Å². The normalized spacial score (nSPS) is 26.9. The van der Waals surface area contributed by atoms with Crippen LogP contribution in [-0.2, 0) is 16.0 Å². The molecule has 0 aromatic carbocycles. The minimum Gasteiger partial charge on any atom is -0.378 e. The van der Waals surface area contributed by atoms with Gasteiger partial charge in [0.25, 0.3) is 0 Å². The van der Waals surface area contributed by atoms with Gasteiger partial charge in [0, 0.05) is 20.1 Å². The molecule has 1 atom stereocenters. The summed E-state index contributed by atoms with van der Waals surface area (Å²) in [5.74, 6) is 0. The number of hydrogen-bond donors (Lipinski definition) is 1. The number of nitrogens with one attached hydrogen (secondary N) is 1. The van der Waals surface area contributed by atoms with Crippen LogP contribution in [0.15, 0.2) is 6.33 Å². The van der Waals surface area contributed by atoms with Gasteiger partial charge in [-0.3, -0.25) is 5.10 Å². The minimum atomic E-state index is -0.234. The molecule has 1 saturated heterocycles. The van der Waals surface area contributed by atoms with E-state index in [1.54, 1.807) is 13.4 Å². The van der Waals surface area contributed by atoms with E-state index in [4.69, 9.17) is 21.7 Å². The molecule has 5 nitrogen and oxygen atoms in total. The summed E-state index contributed by atoms with van der Waals surface area (Å²) in [4.78, 5) is 0. The van der Waals surface area contributed by atoms with E-state index in [1.165, 1.54) is 0 Å². The van der Waals surface area contributed by atoms with E-state index < -0.39 is 0 Å². The van der Waals surface area contributed by atoms with E-state index in [0.29, 0.717) is 17.9 Å². The summed E-state index contributed by atoms with van der Waals surface area (Å²) in [6, 6.07) is 0. The Morgan fingerprint density at radius 3 is 3.21 bits per heavy atom. The highest BCUT2D eigenvalue weighted by Gasteiger charge is 2.35. The molecule has 0 bridgehead atoms. The minimum absolute atomic E-state index is 0.234. The second-order valence-corrected chi connectivity index (χ2v) is 3.87. The topological polar surface area (TPSA) is 52.1 Å². The number of rotatable bonds is 3. The summed E-state index contributed by atoms with van der Waals surface area (Å²) in [5.41, 5.74) is -0.234. The van der Waals surface area contributed by atoms with Crippen molar-refractivity contribution in [3.63, 3.8) is 0 Å². The Morgan fingerprint density at radius 1 is 1.86 bits per heavy atom. The Bertz CT molecular complexity index is 353. The number of nitrogens with zero attached hydrogens (tertiary/aromatic N) is 2. The second-order valence-electron chi connectivity index (χ2n) is 3.48. The first-order chi connectivity index (χ1) is 6.76. The zero-order valence-corrected chi connectivity index (χ0v) is 8.84. The molecule has 0 saturated carbocycles. The van der Waals surface area contributed by atoms with Crippen molar-refractivity contribution in [2.75, 3.05) is 20.3 Å². The van der Waals surface area contributed by atoms with Gasteiger partial charge in [0.05, 0.1) is 13.2 Å². The molecule has 1 aromatic rings. The predicted molar refractivity (Wildman–Crippen MR) is 52.6 cm³/mol. The van der Waals surface area contributed by atoms with Crippen LogP contribution in [0.4, 0.5) is 0 Å². The van der Waals surface area contributed by atoms with Crippen molar-refractivity contribution in [2.24, 2.45) is 0 Å². The molecule has 0 amide bonds. The van der Waals surface area contributed by atoms with Crippen molar-refractivity contribution in [1.82, 2.24) is 14.8 Å². The highest BCUT2D eigenvalue weighted by Crippen LogP contribution is 2.24. The molecule has 14 heavy (non-hydrogen) atoms. The lowest BCUT2D eigenvalue weighted by Gasteiger charge is -2.25. The lowest BCUT2D eigenvalue weighted by molar-refractivity contribution is -0.0298. The van der Waals surface area contributed by atoms with Gasteiger partial charge in [-0.05, 0) is 12.2 Å². The Hall–Kier alpha value is -0.720. The van der Waals surface area contributed by atoms with E-state index >= 15 is 0 Å². The van der Waals surface area contributed by atoms with Gasteiger partial charge in [-0.1, -0.05) is 0 Å². The molecule has 1 N–H and O–H groups in total.